The van der Waals surface area contributed by atoms with Gasteiger partial charge in [0.05, 0.1) is 18.2 Å². The van der Waals surface area contributed by atoms with Gasteiger partial charge in [0, 0.05) is 31.9 Å². The van der Waals surface area contributed by atoms with Crippen LogP contribution in [-0.2, 0) is 33.3 Å². The lowest BCUT2D eigenvalue weighted by atomic mass is 10.0. The number of rotatable bonds is 7. The van der Waals surface area contributed by atoms with Crippen LogP contribution in [0.1, 0.15) is 42.3 Å². The van der Waals surface area contributed by atoms with Gasteiger partial charge >= 0.3 is 17.9 Å². The van der Waals surface area contributed by atoms with Crippen LogP contribution in [0.2, 0.25) is 0 Å². The Bertz CT molecular complexity index is 1140. The quantitative estimate of drug-likeness (QED) is 0.329. The van der Waals surface area contributed by atoms with Gasteiger partial charge in [0.1, 0.15) is 5.75 Å². The third-order valence-electron chi connectivity index (χ3n) is 4.95. The van der Waals surface area contributed by atoms with Gasteiger partial charge in [0.25, 0.3) is 0 Å². The molecule has 0 N–H and O–H groups in total. The number of carbonyl (C=O) groups excluding carboxylic acids is 4. The summed E-state index contributed by atoms with van der Waals surface area (Å²) in [6.07, 6.45) is -4.58. The first-order valence-corrected chi connectivity index (χ1v) is 10.6. The minimum absolute atomic E-state index is 0.171. The highest BCUT2D eigenvalue weighted by molar-refractivity contribution is 6.09. The average Bonchev–Trinajstić information content (AvgIpc) is 2.82. The lowest BCUT2D eigenvalue weighted by Gasteiger charge is -2.40. The number of nitriles is 1. The van der Waals surface area contributed by atoms with Crippen LogP contribution in [0, 0.1) is 11.3 Å². The molecule has 2 aromatic carbocycles. The Hall–Kier alpha value is -4.23. The third kappa shape index (κ3) is 6.65. The zero-order valence-corrected chi connectivity index (χ0v) is 19.3. The number of hydrogen-bond acceptors (Lipinski definition) is 10. The Morgan fingerprint density at radius 3 is 1.83 bits per heavy atom. The molecule has 1 aliphatic rings. The van der Waals surface area contributed by atoms with E-state index in [1.54, 1.807) is 36.4 Å². The summed E-state index contributed by atoms with van der Waals surface area (Å²) < 4.78 is 27.2. The molecule has 1 aliphatic heterocycles. The molecule has 0 radical (unpaired) electrons. The summed E-state index contributed by atoms with van der Waals surface area (Å²) in [6, 6.07) is 14.4. The second kappa shape index (κ2) is 11.3. The number of esters is 3. The van der Waals surface area contributed by atoms with Crippen LogP contribution in [0.5, 0.6) is 5.75 Å². The molecule has 2 aromatic rings. The maximum Gasteiger partial charge on any atom is 0.303 e. The molecule has 0 amide bonds. The van der Waals surface area contributed by atoms with E-state index in [1.807, 2.05) is 6.07 Å². The van der Waals surface area contributed by atoms with E-state index in [0.29, 0.717) is 16.7 Å². The van der Waals surface area contributed by atoms with Crippen LogP contribution in [0.4, 0.5) is 0 Å². The Morgan fingerprint density at radius 2 is 1.31 bits per heavy atom. The van der Waals surface area contributed by atoms with Gasteiger partial charge in [-0.15, -0.1) is 0 Å². The van der Waals surface area contributed by atoms with E-state index in [1.165, 1.54) is 32.9 Å². The van der Waals surface area contributed by atoms with Crippen LogP contribution in [-0.4, -0.2) is 54.9 Å². The molecule has 4 atom stereocenters. The van der Waals surface area contributed by atoms with E-state index >= 15 is 0 Å². The zero-order chi connectivity index (χ0) is 25.5. The van der Waals surface area contributed by atoms with Crippen LogP contribution in [0.25, 0.3) is 0 Å². The number of carbonyl (C=O) groups is 4. The van der Waals surface area contributed by atoms with Crippen molar-refractivity contribution in [2.75, 3.05) is 6.61 Å². The SMILES string of the molecule is CC(=O)O[C@H]1[C@H](OC(C)=O)COC(Oc2ccc(C(=O)c3ccc(C#N)cc3)cc2)[C@@H]1OC(C)=O. The highest BCUT2D eigenvalue weighted by Gasteiger charge is 2.48. The van der Waals surface area contributed by atoms with Gasteiger partial charge in [-0.05, 0) is 48.5 Å². The molecular formula is C25H23NO9. The van der Waals surface area contributed by atoms with E-state index in [2.05, 4.69) is 0 Å². The molecule has 1 unspecified atom stereocenters. The molecule has 10 heteroatoms. The Morgan fingerprint density at radius 1 is 0.800 bits per heavy atom. The second-order valence-electron chi connectivity index (χ2n) is 7.66. The van der Waals surface area contributed by atoms with E-state index in [4.69, 9.17) is 28.9 Å². The van der Waals surface area contributed by atoms with Crippen molar-refractivity contribution in [1.82, 2.24) is 0 Å². The summed E-state index contributed by atoms with van der Waals surface area (Å²) in [4.78, 5) is 47.6. The van der Waals surface area contributed by atoms with Crippen molar-refractivity contribution < 1.29 is 42.9 Å². The van der Waals surface area contributed by atoms with Gasteiger partial charge in [0.15, 0.2) is 18.0 Å². The van der Waals surface area contributed by atoms with Gasteiger partial charge < -0.3 is 23.7 Å². The van der Waals surface area contributed by atoms with Crippen molar-refractivity contribution in [2.45, 2.75) is 45.4 Å². The van der Waals surface area contributed by atoms with Gasteiger partial charge in [-0.25, -0.2) is 0 Å². The number of nitrogens with zero attached hydrogens (tertiary/aromatic N) is 1. The summed E-state index contributed by atoms with van der Waals surface area (Å²) in [5.41, 5.74) is 1.25. The smallest absolute Gasteiger partial charge is 0.303 e. The zero-order valence-electron chi connectivity index (χ0n) is 19.3. The summed E-state index contributed by atoms with van der Waals surface area (Å²) in [7, 11) is 0. The summed E-state index contributed by atoms with van der Waals surface area (Å²) in [5, 5.41) is 8.90. The highest BCUT2D eigenvalue weighted by atomic mass is 16.7. The number of ketones is 1. The van der Waals surface area contributed by atoms with Crippen LogP contribution in [0.3, 0.4) is 0 Å². The number of hydrogen-bond donors (Lipinski definition) is 0. The Balaban J connectivity index is 1.78. The number of benzene rings is 2. The lowest BCUT2D eigenvalue weighted by Crippen LogP contribution is -2.59. The van der Waals surface area contributed by atoms with Crippen molar-refractivity contribution in [3.8, 4) is 11.8 Å². The van der Waals surface area contributed by atoms with Crippen LogP contribution >= 0.6 is 0 Å². The van der Waals surface area contributed by atoms with Gasteiger partial charge in [-0.1, -0.05) is 0 Å². The first-order valence-electron chi connectivity index (χ1n) is 10.6. The fourth-order valence-corrected chi connectivity index (χ4v) is 3.49. The van der Waals surface area contributed by atoms with E-state index < -0.39 is 42.5 Å². The maximum atomic E-state index is 12.7. The number of ether oxygens (including phenoxy) is 5. The normalized spacial score (nSPS) is 21.2. The lowest BCUT2D eigenvalue weighted by molar-refractivity contribution is -0.259. The molecule has 35 heavy (non-hydrogen) atoms. The van der Waals surface area contributed by atoms with Crippen molar-refractivity contribution in [3.63, 3.8) is 0 Å². The molecule has 10 nitrogen and oxygen atoms in total. The highest BCUT2D eigenvalue weighted by Crippen LogP contribution is 2.27. The Kier molecular flexibility index (Phi) is 8.17. The van der Waals surface area contributed by atoms with Gasteiger partial charge in [0.2, 0.25) is 12.4 Å². The Labute approximate surface area is 201 Å². The predicted octanol–water partition coefficient (Wildman–Crippen LogP) is 2.32. The second-order valence-corrected chi connectivity index (χ2v) is 7.66. The minimum atomic E-state index is -1.23. The first-order chi connectivity index (χ1) is 16.7. The largest absolute Gasteiger partial charge is 0.461 e. The first kappa shape index (κ1) is 25.4. The molecule has 3 rings (SSSR count). The van der Waals surface area contributed by atoms with Crippen molar-refractivity contribution in [3.05, 3.63) is 65.2 Å². The third-order valence-corrected chi connectivity index (χ3v) is 4.95. The molecule has 0 aromatic heterocycles. The summed E-state index contributed by atoms with van der Waals surface area (Å²) in [6.45, 7) is 3.36. The molecule has 0 spiro atoms. The molecule has 0 saturated carbocycles. The standard InChI is InChI=1S/C25H23NO9/c1-14(27)32-21-13-31-25(24(34-16(3)29)23(21)33-15(2)28)35-20-10-8-19(9-11-20)22(30)18-6-4-17(12-26)5-7-18/h4-11,21,23-25H,13H2,1-3H3/t21-,23+,24-,25?/m1/s1. The van der Waals surface area contributed by atoms with Crippen molar-refractivity contribution in [2.24, 2.45) is 0 Å². The summed E-state index contributed by atoms with van der Waals surface area (Å²) >= 11 is 0. The minimum Gasteiger partial charge on any atom is -0.461 e. The average molecular weight is 481 g/mol. The molecule has 1 heterocycles. The molecule has 0 bridgehead atoms. The van der Waals surface area contributed by atoms with Crippen molar-refractivity contribution >= 4 is 23.7 Å². The van der Waals surface area contributed by atoms with Gasteiger partial charge in [-0.2, -0.15) is 5.26 Å². The van der Waals surface area contributed by atoms with Crippen molar-refractivity contribution in [1.29, 1.82) is 5.26 Å². The van der Waals surface area contributed by atoms with Gasteiger partial charge in [-0.3, -0.25) is 19.2 Å². The van der Waals surface area contributed by atoms with Crippen LogP contribution < -0.4 is 4.74 Å². The molecule has 1 fully saturated rings. The predicted molar refractivity (Wildman–Crippen MR) is 118 cm³/mol. The van der Waals surface area contributed by atoms with E-state index in [-0.39, 0.29) is 18.1 Å². The molecular weight excluding hydrogens is 458 g/mol. The monoisotopic (exact) mass is 481 g/mol. The molecule has 0 aliphatic carbocycles. The maximum absolute atomic E-state index is 12.7. The fraction of sp³-hybridized carbons (Fsp3) is 0.320. The topological polar surface area (TPSA) is 138 Å². The fourth-order valence-electron chi connectivity index (χ4n) is 3.49. The molecule has 1 saturated heterocycles. The van der Waals surface area contributed by atoms with E-state index in [9.17, 15) is 19.2 Å². The van der Waals surface area contributed by atoms with Crippen LogP contribution in [0.15, 0.2) is 48.5 Å². The summed E-state index contributed by atoms with van der Waals surface area (Å²) in [5.74, 6) is -1.94. The van der Waals surface area contributed by atoms with E-state index in [0.717, 1.165) is 0 Å². The molecule has 182 valence electrons.